The molecule has 0 atom stereocenters. The Hall–Kier alpha value is -1.91. The smallest absolute Gasteiger partial charge is 0.335 e. The highest BCUT2D eigenvalue weighted by Gasteiger charge is 2.11. The number of carboxylic acid groups (broad SMARTS) is 1. The largest absolute Gasteiger partial charge is 0.492 e. The Morgan fingerprint density at radius 3 is 2.52 bits per heavy atom. The van der Waals surface area contributed by atoms with Crippen molar-refractivity contribution in [3.05, 3.63) is 57.6 Å². The number of hydrogen-bond acceptors (Lipinski definition) is 3. The van der Waals surface area contributed by atoms with E-state index in [1.165, 1.54) is 0 Å². The first-order chi connectivity index (χ1) is 11.0. The van der Waals surface area contributed by atoms with E-state index in [0.29, 0.717) is 28.9 Å². The van der Waals surface area contributed by atoms with E-state index in [2.05, 4.69) is 5.32 Å². The van der Waals surface area contributed by atoms with Gasteiger partial charge in [-0.1, -0.05) is 30.1 Å². The van der Waals surface area contributed by atoms with Crippen molar-refractivity contribution < 1.29 is 14.6 Å². The predicted molar refractivity (Wildman–Crippen MR) is 93.0 cm³/mol. The first-order valence-electron chi connectivity index (χ1n) is 7.19. The van der Waals surface area contributed by atoms with E-state index in [-0.39, 0.29) is 5.56 Å². The van der Waals surface area contributed by atoms with Crippen molar-refractivity contribution in [2.45, 2.75) is 19.9 Å². The Balaban J connectivity index is 2.14. The lowest BCUT2D eigenvalue weighted by Crippen LogP contribution is -2.05. The van der Waals surface area contributed by atoms with Crippen LogP contribution in [0.2, 0.25) is 10.0 Å². The SMILES string of the molecule is CCCOc1c(Cl)cc(Cl)cc1CNc1ccc(C(=O)O)cc1. The van der Waals surface area contributed by atoms with Crippen LogP contribution in [-0.4, -0.2) is 17.7 Å². The van der Waals surface area contributed by atoms with E-state index in [4.69, 9.17) is 33.0 Å². The van der Waals surface area contributed by atoms with Crippen molar-refractivity contribution >= 4 is 34.9 Å². The summed E-state index contributed by atoms with van der Waals surface area (Å²) in [6.45, 7) is 3.05. The molecule has 0 spiro atoms. The molecule has 2 rings (SSSR count). The van der Waals surface area contributed by atoms with Gasteiger partial charge in [0.25, 0.3) is 0 Å². The van der Waals surface area contributed by atoms with Crippen LogP contribution in [0.5, 0.6) is 5.75 Å². The van der Waals surface area contributed by atoms with Crippen LogP contribution < -0.4 is 10.1 Å². The summed E-state index contributed by atoms with van der Waals surface area (Å²) < 4.78 is 5.70. The molecule has 0 saturated carbocycles. The molecule has 0 aromatic heterocycles. The molecule has 4 nitrogen and oxygen atoms in total. The maximum atomic E-state index is 10.8. The number of carbonyl (C=O) groups is 1. The Morgan fingerprint density at radius 2 is 1.91 bits per heavy atom. The lowest BCUT2D eigenvalue weighted by Gasteiger charge is -2.14. The van der Waals surface area contributed by atoms with Crippen LogP contribution in [0.3, 0.4) is 0 Å². The van der Waals surface area contributed by atoms with Gasteiger partial charge in [-0.05, 0) is 42.8 Å². The number of benzene rings is 2. The number of rotatable bonds is 7. The monoisotopic (exact) mass is 353 g/mol. The van der Waals surface area contributed by atoms with Gasteiger partial charge in [-0.3, -0.25) is 0 Å². The zero-order chi connectivity index (χ0) is 16.8. The first-order valence-corrected chi connectivity index (χ1v) is 7.94. The van der Waals surface area contributed by atoms with Crippen LogP contribution in [0, 0.1) is 0 Å². The summed E-state index contributed by atoms with van der Waals surface area (Å²) >= 11 is 12.3. The zero-order valence-corrected chi connectivity index (χ0v) is 14.1. The molecule has 0 fully saturated rings. The van der Waals surface area contributed by atoms with E-state index in [9.17, 15) is 4.79 Å². The van der Waals surface area contributed by atoms with Crippen molar-refractivity contribution in [1.82, 2.24) is 0 Å². The lowest BCUT2D eigenvalue weighted by molar-refractivity contribution is 0.0697. The third kappa shape index (κ3) is 4.78. The fourth-order valence-corrected chi connectivity index (χ4v) is 2.63. The highest BCUT2D eigenvalue weighted by Crippen LogP contribution is 2.33. The molecule has 6 heteroatoms. The number of ether oxygens (including phenoxy) is 1. The molecule has 122 valence electrons. The van der Waals surface area contributed by atoms with E-state index >= 15 is 0 Å². The molecule has 0 amide bonds. The van der Waals surface area contributed by atoms with Crippen molar-refractivity contribution in [2.75, 3.05) is 11.9 Å². The molecular formula is C17H17Cl2NO3. The van der Waals surface area contributed by atoms with Gasteiger partial charge < -0.3 is 15.2 Å². The van der Waals surface area contributed by atoms with Crippen LogP contribution in [-0.2, 0) is 6.54 Å². The van der Waals surface area contributed by atoms with E-state index in [1.807, 2.05) is 6.92 Å². The Kier molecular flexibility index (Phi) is 6.13. The van der Waals surface area contributed by atoms with Crippen molar-refractivity contribution in [1.29, 1.82) is 0 Å². The normalized spacial score (nSPS) is 10.4. The van der Waals surface area contributed by atoms with Crippen molar-refractivity contribution in [3.8, 4) is 5.75 Å². The van der Waals surface area contributed by atoms with Gasteiger partial charge in [-0.15, -0.1) is 0 Å². The minimum absolute atomic E-state index is 0.244. The molecule has 0 aliphatic carbocycles. The average Bonchev–Trinajstić information content (AvgIpc) is 2.52. The van der Waals surface area contributed by atoms with Crippen LogP contribution in [0.1, 0.15) is 29.3 Å². The summed E-state index contributed by atoms with van der Waals surface area (Å²) in [5.41, 5.74) is 1.89. The Labute approximate surface area is 145 Å². The molecule has 2 N–H and O–H groups in total. The summed E-state index contributed by atoms with van der Waals surface area (Å²) in [4.78, 5) is 10.8. The van der Waals surface area contributed by atoms with E-state index < -0.39 is 5.97 Å². The summed E-state index contributed by atoms with van der Waals surface area (Å²) in [5, 5.41) is 13.1. The number of hydrogen-bond donors (Lipinski definition) is 2. The molecule has 0 saturated heterocycles. The predicted octanol–water partition coefficient (Wildman–Crippen LogP) is 5.09. The minimum atomic E-state index is -0.951. The third-order valence-electron chi connectivity index (χ3n) is 3.15. The van der Waals surface area contributed by atoms with Crippen LogP contribution in [0.15, 0.2) is 36.4 Å². The molecule has 0 aliphatic heterocycles. The first kappa shape index (κ1) is 17.4. The molecule has 0 radical (unpaired) electrons. The summed E-state index contributed by atoms with van der Waals surface area (Å²) in [5.74, 6) is -0.332. The number of anilines is 1. The molecule has 2 aromatic rings. The summed E-state index contributed by atoms with van der Waals surface area (Å²) in [6.07, 6.45) is 0.877. The molecule has 0 unspecified atom stereocenters. The summed E-state index contributed by atoms with van der Waals surface area (Å²) in [6, 6.07) is 9.97. The van der Waals surface area contributed by atoms with Gasteiger partial charge in [0.1, 0.15) is 5.75 Å². The highest BCUT2D eigenvalue weighted by molar-refractivity contribution is 6.35. The Bertz CT molecular complexity index is 687. The van der Waals surface area contributed by atoms with Gasteiger partial charge >= 0.3 is 5.97 Å². The molecule has 0 heterocycles. The van der Waals surface area contributed by atoms with Gasteiger partial charge in [0.05, 0.1) is 17.2 Å². The topological polar surface area (TPSA) is 58.6 Å². The molecule has 23 heavy (non-hydrogen) atoms. The van der Waals surface area contributed by atoms with Crippen LogP contribution in [0.25, 0.3) is 0 Å². The van der Waals surface area contributed by atoms with Gasteiger partial charge in [-0.2, -0.15) is 0 Å². The summed E-state index contributed by atoms with van der Waals surface area (Å²) in [7, 11) is 0. The second-order valence-electron chi connectivity index (χ2n) is 4.96. The van der Waals surface area contributed by atoms with E-state index in [0.717, 1.165) is 17.7 Å². The molecule has 0 bridgehead atoms. The maximum absolute atomic E-state index is 10.8. The van der Waals surface area contributed by atoms with Gasteiger partial charge in [0.2, 0.25) is 0 Å². The molecule has 0 aliphatic rings. The highest BCUT2D eigenvalue weighted by atomic mass is 35.5. The van der Waals surface area contributed by atoms with Crippen molar-refractivity contribution in [2.24, 2.45) is 0 Å². The zero-order valence-electron chi connectivity index (χ0n) is 12.6. The second-order valence-corrected chi connectivity index (χ2v) is 5.80. The van der Waals surface area contributed by atoms with Crippen LogP contribution >= 0.6 is 23.2 Å². The van der Waals surface area contributed by atoms with Crippen molar-refractivity contribution in [3.63, 3.8) is 0 Å². The molecular weight excluding hydrogens is 337 g/mol. The van der Waals surface area contributed by atoms with Gasteiger partial charge in [-0.25, -0.2) is 4.79 Å². The fraction of sp³-hybridized carbons (Fsp3) is 0.235. The number of halogens is 2. The number of nitrogens with one attached hydrogen (secondary N) is 1. The maximum Gasteiger partial charge on any atom is 0.335 e. The second kappa shape index (κ2) is 8.09. The third-order valence-corrected chi connectivity index (χ3v) is 3.65. The lowest BCUT2D eigenvalue weighted by atomic mass is 10.1. The van der Waals surface area contributed by atoms with E-state index in [1.54, 1.807) is 36.4 Å². The quantitative estimate of drug-likeness (QED) is 0.727. The molecule has 2 aromatic carbocycles. The Morgan fingerprint density at radius 1 is 1.22 bits per heavy atom. The van der Waals surface area contributed by atoms with Gasteiger partial charge in [0.15, 0.2) is 0 Å². The fourth-order valence-electron chi connectivity index (χ4n) is 2.04. The number of carboxylic acids is 1. The average molecular weight is 354 g/mol. The standard InChI is InChI=1S/C17H17Cl2NO3/c1-2-7-23-16-12(8-13(18)9-15(16)19)10-20-14-5-3-11(4-6-14)17(21)22/h3-6,8-9,20H,2,7,10H2,1H3,(H,21,22). The van der Waals surface area contributed by atoms with Crippen LogP contribution in [0.4, 0.5) is 5.69 Å². The van der Waals surface area contributed by atoms with Gasteiger partial charge in [0, 0.05) is 22.8 Å². The number of aromatic carboxylic acids is 1. The minimum Gasteiger partial charge on any atom is -0.492 e.